The summed E-state index contributed by atoms with van der Waals surface area (Å²) in [5.74, 6) is 0.983. The Morgan fingerprint density at radius 2 is 1.84 bits per heavy atom. The van der Waals surface area contributed by atoms with E-state index in [0.717, 1.165) is 66.7 Å². The smallest absolute Gasteiger partial charge is 0.315 e. The van der Waals surface area contributed by atoms with Gasteiger partial charge in [0.2, 0.25) is 5.88 Å². The lowest BCUT2D eigenvalue weighted by molar-refractivity contribution is 0.187. The van der Waals surface area contributed by atoms with Crippen molar-refractivity contribution in [3.63, 3.8) is 0 Å². The number of aromatic nitrogens is 4. The van der Waals surface area contributed by atoms with Crippen molar-refractivity contribution < 1.29 is 9.53 Å². The summed E-state index contributed by atoms with van der Waals surface area (Å²) in [6.45, 7) is 2.41. The molecule has 2 atom stereocenters. The van der Waals surface area contributed by atoms with Crippen LogP contribution in [-0.4, -0.2) is 63.0 Å². The molecule has 3 N–H and O–H groups in total. The zero-order valence-electron chi connectivity index (χ0n) is 27.0. The minimum atomic E-state index is -0.265. The molecule has 5 aromatic rings. The number of halogens is 2. The van der Waals surface area contributed by atoms with Crippen LogP contribution >= 0.6 is 23.2 Å². The molecule has 1 spiro atoms. The van der Waals surface area contributed by atoms with E-state index < -0.39 is 0 Å². The van der Waals surface area contributed by atoms with Gasteiger partial charge < -0.3 is 20.7 Å². The number of urea groups is 1. The minimum Gasteiger partial charge on any atom is -0.481 e. The van der Waals surface area contributed by atoms with Gasteiger partial charge in [0.15, 0.2) is 0 Å². The Kier molecular flexibility index (Phi) is 7.93. The Morgan fingerprint density at radius 3 is 2.65 bits per heavy atom. The summed E-state index contributed by atoms with van der Waals surface area (Å²) < 4.78 is 7.21. The molecule has 0 radical (unpaired) electrons. The molecule has 2 aliphatic heterocycles. The SMILES string of the molecule is COc1nc(-c2cccc(-c3cccc(Nc4nccc5cnn(C)c(=O)c45)c3Cl)c2Cl)cc2c1C(N1CCC3(CCNC(=O)N3)C1)CC2. The number of hydrogen-bond donors (Lipinski definition) is 3. The highest BCUT2D eigenvalue weighted by Gasteiger charge is 2.45. The summed E-state index contributed by atoms with van der Waals surface area (Å²) >= 11 is 14.2. The quantitative estimate of drug-likeness (QED) is 0.190. The fraction of sp³-hybridized carbons (Fsp3) is 0.306. The van der Waals surface area contributed by atoms with Crippen LogP contribution in [0.4, 0.5) is 16.3 Å². The number of likely N-dealkylation sites (tertiary alicyclic amines) is 1. The monoisotopic (exact) mass is 696 g/mol. The largest absolute Gasteiger partial charge is 0.481 e. The van der Waals surface area contributed by atoms with E-state index in [-0.39, 0.29) is 23.2 Å². The van der Waals surface area contributed by atoms with E-state index in [4.69, 9.17) is 32.9 Å². The Morgan fingerprint density at radius 1 is 1.04 bits per heavy atom. The summed E-state index contributed by atoms with van der Waals surface area (Å²) in [4.78, 5) is 37.0. The summed E-state index contributed by atoms with van der Waals surface area (Å²) in [5, 5.41) is 15.5. The first kappa shape index (κ1) is 31.6. The van der Waals surface area contributed by atoms with Gasteiger partial charge in [-0.3, -0.25) is 9.69 Å². The van der Waals surface area contributed by atoms with Gasteiger partial charge in [0.05, 0.1) is 45.7 Å². The molecule has 3 aromatic heterocycles. The van der Waals surface area contributed by atoms with E-state index >= 15 is 0 Å². The Hall–Kier alpha value is -4.71. The normalized spacial score (nSPS) is 20.3. The number of amides is 2. The Labute approximate surface area is 292 Å². The lowest BCUT2D eigenvalue weighted by atomic mass is 9.93. The number of fused-ring (bicyclic) bond motifs is 2. The molecule has 2 saturated heterocycles. The number of nitrogens with one attached hydrogen (secondary N) is 3. The van der Waals surface area contributed by atoms with Gasteiger partial charge in [-0.25, -0.2) is 19.4 Å². The molecule has 3 aliphatic rings. The summed E-state index contributed by atoms with van der Waals surface area (Å²) in [7, 11) is 3.26. The van der Waals surface area contributed by atoms with E-state index in [1.54, 1.807) is 32.6 Å². The lowest BCUT2D eigenvalue weighted by Crippen LogP contribution is -2.59. The molecule has 250 valence electrons. The zero-order chi connectivity index (χ0) is 33.9. The van der Waals surface area contributed by atoms with Crippen LogP contribution in [0.3, 0.4) is 0 Å². The molecule has 5 heterocycles. The van der Waals surface area contributed by atoms with Crippen LogP contribution < -0.4 is 26.2 Å². The summed E-state index contributed by atoms with van der Waals surface area (Å²) in [6, 6.07) is 15.4. The molecule has 1 aliphatic carbocycles. The molecule has 2 amide bonds. The first-order valence-electron chi connectivity index (χ1n) is 16.3. The highest BCUT2D eigenvalue weighted by Crippen LogP contribution is 2.47. The van der Waals surface area contributed by atoms with Crippen LogP contribution in [0.15, 0.2) is 65.7 Å². The van der Waals surface area contributed by atoms with Gasteiger partial charge >= 0.3 is 6.03 Å². The molecule has 2 aromatic carbocycles. The second-order valence-corrected chi connectivity index (χ2v) is 13.7. The van der Waals surface area contributed by atoms with E-state index in [1.807, 2.05) is 36.4 Å². The number of anilines is 2. The van der Waals surface area contributed by atoms with Crippen LogP contribution in [0.2, 0.25) is 10.0 Å². The maximum atomic E-state index is 12.9. The van der Waals surface area contributed by atoms with Gasteiger partial charge in [0.1, 0.15) is 5.82 Å². The fourth-order valence-electron chi connectivity index (χ4n) is 7.65. The van der Waals surface area contributed by atoms with Gasteiger partial charge in [0.25, 0.3) is 5.56 Å². The second kappa shape index (κ2) is 12.3. The van der Waals surface area contributed by atoms with Crippen molar-refractivity contribution in [1.82, 2.24) is 35.3 Å². The third kappa shape index (κ3) is 5.46. The van der Waals surface area contributed by atoms with Crippen LogP contribution in [0.1, 0.15) is 36.4 Å². The van der Waals surface area contributed by atoms with Gasteiger partial charge in [0, 0.05) is 66.6 Å². The first-order chi connectivity index (χ1) is 23.7. The van der Waals surface area contributed by atoms with E-state index in [1.165, 1.54) is 10.2 Å². The summed E-state index contributed by atoms with van der Waals surface area (Å²) in [6.07, 6.45) is 6.94. The van der Waals surface area contributed by atoms with Crippen molar-refractivity contribution in [3.8, 4) is 28.3 Å². The number of hydrogen-bond acceptors (Lipinski definition) is 8. The van der Waals surface area contributed by atoms with Crippen molar-refractivity contribution in [2.45, 2.75) is 37.3 Å². The van der Waals surface area contributed by atoms with Crippen molar-refractivity contribution in [2.75, 3.05) is 32.1 Å². The number of rotatable bonds is 6. The number of nitrogens with zero attached hydrogens (tertiary/aromatic N) is 5. The molecule has 11 nitrogen and oxygen atoms in total. The number of aryl methyl sites for hydroxylation is 2. The zero-order valence-corrected chi connectivity index (χ0v) is 28.5. The molecule has 49 heavy (non-hydrogen) atoms. The third-order valence-electron chi connectivity index (χ3n) is 10.1. The van der Waals surface area contributed by atoms with Gasteiger partial charge in [-0.05, 0) is 49.4 Å². The van der Waals surface area contributed by atoms with Crippen molar-refractivity contribution in [1.29, 1.82) is 0 Å². The molecule has 0 saturated carbocycles. The molecule has 13 heteroatoms. The molecular weight excluding hydrogens is 663 g/mol. The van der Waals surface area contributed by atoms with Gasteiger partial charge in [-0.15, -0.1) is 0 Å². The van der Waals surface area contributed by atoms with Crippen LogP contribution in [-0.2, 0) is 13.5 Å². The number of benzene rings is 2. The van der Waals surface area contributed by atoms with Crippen molar-refractivity contribution >= 4 is 51.5 Å². The molecular formula is C36H34Cl2N8O3. The number of carbonyl (C=O) groups excluding carboxylic acids is 1. The highest BCUT2D eigenvalue weighted by molar-refractivity contribution is 6.39. The number of methoxy groups -OCH3 is 1. The standard InChI is InChI=1S/C36H34Cl2N8O3/c1-45-34(47)29-21(18-41-45)11-14-39-32(29)42-25-8-4-6-23(31(25)38)22-5-3-7-24(30(22)37)26-17-20-9-10-27(28(20)33(43-26)49-2)46-16-13-36(19-46)12-15-40-35(48)44-36/h3-8,11,14,17-18,27H,9-10,12-13,15-16,19H2,1-2H3,(H,39,42)(H2,40,44,48). The maximum absolute atomic E-state index is 12.9. The van der Waals surface area contributed by atoms with Gasteiger partial charge in [-0.1, -0.05) is 53.5 Å². The minimum absolute atomic E-state index is 0.0844. The van der Waals surface area contributed by atoms with Crippen LogP contribution in [0, 0.1) is 0 Å². The summed E-state index contributed by atoms with van der Waals surface area (Å²) in [5.41, 5.74) is 5.38. The molecule has 2 unspecified atom stereocenters. The third-order valence-corrected chi connectivity index (χ3v) is 10.9. The average molecular weight is 698 g/mol. The first-order valence-corrected chi connectivity index (χ1v) is 17.0. The Balaban J connectivity index is 1.11. The van der Waals surface area contributed by atoms with E-state index in [0.29, 0.717) is 44.7 Å². The average Bonchev–Trinajstić information content (AvgIpc) is 3.71. The van der Waals surface area contributed by atoms with Gasteiger partial charge in [-0.2, -0.15) is 5.10 Å². The maximum Gasteiger partial charge on any atom is 0.315 e. The number of carbonyl (C=O) groups is 1. The van der Waals surface area contributed by atoms with Crippen molar-refractivity contribution in [3.05, 3.63) is 92.5 Å². The molecule has 2 fully saturated rings. The number of ether oxygens (including phenoxy) is 1. The van der Waals surface area contributed by atoms with E-state index in [2.05, 4.69) is 37.0 Å². The van der Waals surface area contributed by atoms with Crippen LogP contribution in [0.5, 0.6) is 5.88 Å². The van der Waals surface area contributed by atoms with E-state index in [9.17, 15) is 9.59 Å². The van der Waals surface area contributed by atoms with Crippen LogP contribution in [0.25, 0.3) is 33.2 Å². The molecule has 8 rings (SSSR count). The lowest BCUT2D eigenvalue weighted by Gasteiger charge is -2.36. The topological polar surface area (TPSA) is 126 Å². The Bertz CT molecular complexity index is 2210. The predicted octanol–water partition coefficient (Wildman–Crippen LogP) is 6.25. The number of pyridine rings is 2. The second-order valence-electron chi connectivity index (χ2n) is 12.9. The highest BCUT2D eigenvalue weighted by atomic mass is 35.5. The fourth-order valence-corrected chi connectivity index (χ4v) is 8.25. The predicted molar refractivity (Wildman–Crippen MR) is 191 cm³/mol. The molecule has 0 bridgehead atoms. The van der Waals surface area contributed by atoms with Crippen molar-refractivity contribution in [2.24, 2.45) is 7.05 Å².